The fraction of sp³-hybridized carbons (Fsp3) is 0.278. The Morgan fingerprint density at radius 2 is 1.77 bits per heavy atom. The molecular formula is C18H19BrClNO. The van der Waals surface area contributed by atoms with E-state index in [4.69, 9.17) is 11.6 Å². The maximum atomic E-state index is 12.1. The number of nitrogens with one attached hydrogen (secondary N) is 1. The summed E-state index contributed by atoms with van der Waals surface area (Å²) in [6, 6.07) is 15.5. The van der Waals surface area contributed by atoms with E-state index in [1.165, 1.54) is 0 Å². The Labute approximate surface area is 145 Å². The van der Waals surface area contributed by atoms with E-state index in [-0.39, 0.29) is 11.3 Å². The molecule has 0 radical (unpaired) electrons. The van der Waals surface area contributed by atoms with E-state index in [1.54, 1.807) is 0 Å². The molecule has 22 heavy (non-hydrogen) atoms. The van der Waals surface area contributed by atoms with Gasteiger partial charge in [-0.15, -0.1) is 0 Å². The van der Waals surface area contributed by atoms with Crippen molar-refractivity contribution in [2.24, 2.45) is 0 Å². The average molecular weight is 381 g/mol. The summed E-state index contributed by atoms with van der Waals surface area (Å²) in [6.45, 7) is 4.79. The van der Waals surface area contributed by atoms with E-state index >= 15 is 0 Å². The van der Waals surface area contributed by atoms with Gasteiger partial charge < -0.3 is 5.32 Å². The van der Waals surface area contributed by atoms with E-state index in [1.807, 2.05) is 48.5 Å². The molecule has 0 unspecified atom stereocenters. The van der Waals surface area contributed by atoms with E-state index in [9.17, 15) is 4.79 Å². The number of hydrogen-bond acceptors (Lipinski definition) is 1. The maximum absolute atomic E-state index is 12.1. The molecule has 2 aromatic carbocycles. The lowest BCUT2D eigenvalue weighted by Crippen LogP contribution is -2.37. The highest BCUT2D eigenvalue weighted by molar-refractivity contribution is 9.10. The molecule has 2 aromatic rings. The molecule has 1 N–H and O–H groups in total. The molecule has 0 saturated heterocycles. The molecule has 4 heteroatoms. The second-order valence-electron chi connectivity index (χ2n) is 5.94. The molecule has 116 valence electrons. The molecule has 0 bridgehead atoms. The second-order valence-corrected chi connectivity index (χ2v) is 7.23. The third-order valence-electron chi connectivity index (χ3n) is 3.66. The van der Waals surface area contributed by atoms with Gasteiger partial charge in [-0.1, -0.05) is 71.7 Å². The molecule has 1 amide bonds. The van der Waals surface area contributed by atoms with Crippen LogP contribution < -0.4 is 5.32 Å². The normalized spacial score (nSPS) is 11.3. The largest absolute Gasteiger partial charge is 0.355 e. The van der Waals surface area contributed by atoms with Crippen molar-refractivity contribution >= 4 is 33.4 Å². The minimum Gasteiger partial charge on any atom is -0.355 e. The second kappa shape index (κ2) is 7.30. The van der Waals surface area contributed by atoms with Crippen LogP contribution in [-0.2, 0) is 16.6 Å². The summed E-state index contributed by atoms with van der Waals surface area (Å²) in [4.78, 5) is 12.1. The van der Waals surface area contributed by atoms with Gasteiger partial charge in [-0.25, -0.2) is 0 Å². The molecule has 2 nitrogen and oxygen atoms in total. The number of carbonyl (C=O) groups is 1. The van der Waals surface area contributed by atoms with E-state index in [0.717, 1.165) is 20.6 Å². The minimum absolute atomic E-state index is 0.0222. The van der Waals surface area contributed by atoms with Crippen LogP contribution in [0.3, 0.4) is 0 Å². The van der Waals surface area contributed by atoms with Crippen LogP contribution in [0.15, 0.2) is 53.0 Å². The molecular weight excluding hydrogens is 362 g/mol. The predicted molar refractivity (Wildman–Crippen MR) is 95.3 cm³/mol. The van der Waals surface area contributed by atoms with Crippen molar-refractivity contribution < 1.29 is 4.79 Å². The Kier molecular flexibility index (Phi) is 5.65. The summed E-state index contributed by atoms with van der Waals surface area (Å²) in [5, 5.41) is 3.74. The van der Waals surface area contributed by atoms with Crippen LogP contribution in [0.4, 0.5) is 0 Å². The molecule has 0 fully saturated rings. The van der Waals surface area contributed by atoms with Gasteiger partial charge in [-0.3, -0.25) is 4.79 Å². The van der Waals surface area contributed by atoms with Crippen molar-refractivity contribution in [3.05, 3.63) is 69.2 Å². The predicted octanol–water partition coefficient (Wildman–Crippen LogP) is 4.74. The van der Waals surface area contributed by atoms with Gasteiger partial charge in [-0.05, 0) is 29.3 Å². The smallest absolute Gasteiger partial charge is 0.224 e. The van der Waals surface area contributed by atoms with Crippen molar-refractivity contribution in [3.8, 4) is 0 Å². The third kappa shape index (κ3) is 4.59. The Morgan fingerprint density at radius 1 is 1.14 bits per heavy atom. The van der Waals surface area contributed by atoms with Gasteiger partial charge >= 0.3 is 0 Å². The Bertz CT molecular complexity index is 652. The third-order valence-corrected chi connectivity index (χ3v) is 4.69. The van der Waals surface area contributed by atoms with Gasteiger partial charge in [0.2, 0.25) is 5.91 Å². The first kappa shape index (κ1) is 17.0. The zero-order valence-corrected chi connectivity index (χ0v) is 15.0. The van der Waals surface area contributed by atoms with Crippen molar-refractivity contribution in [1.29, 1.82) is 0 Å². The lowest BCUT2D eigenvalue weighted by Gasteiger charge is -2.25. The summed E-state index contributed by atoms with van der Waals surface area (Å²) in [5.41, 5.74) is 2.00. The lowest BCUT2D eigenvalue weighted by molar-refractivity contribution is -0.120. The Balaban J connectivity index is 1.95. The van der Waals surface area contributed by atoms with Crippen molar-refractivity contribution in [2.75, 3.05) is 6.54 Å². The summed E-state index contributed by atoms with van der Waals surface area (Å²) in [7, 11) is 0. The highest BCUT2D eigenvalue weighted by Crippen LogP contribution is 2.24. The van der Waals surface area contributed by atoms with Crippen LogP contribution in [0, 0.1) is 0 Å². The monoisotopic (exact) mass is 379 g/mol. The standard InChI is InChI=1S/C18H19BrClNO/c1-18(2,14-7-9-15(20)10-8-14)12-21-17(22)11-13-5-3-4-6-16(13)19/h3-10H,11-12H2,1-2H3,(H,21,22). The summed E-state index contributed by atoms with van der Waals surface area (Å²) < 4.78 is 0.960. The number of carbonyl (C=O) groups excluding carboxylic acids is 1. The van der Waals surface area contributed by atoms with Gasteiger partial charge in [0.15, 0.2) is 0 Å². The Hall–Kier alpha value is -1.32. The highest BCUT2D eigenvalue weighted by atomic mass is 79.9. The van der Waals surface area contributed by atoms with Gasteiger partial charge in [0.1, 0.15) is 0 Å². The first-order chi connectivity index (χ1) is 10.4. The first-order valence-corrected chi connectivity index (χ1v) is 8.32. The number of amides is 1. The molecule has 0 heterocycles. The van der Waals surface area contributed by atoms with Crippen LogP contribution in [0.1, 0.15) is 25.0 Å². The van der Waals surface area contributed by atoms with Gasteiger partial charge in [0, 0.05) is 21.5 Å². The molecule has 0 aliphatic heterocycles. The summed E-state index contributed by atoms with van der Waals surface area (Å²) >= 11 is 9.39. The average Bonchev–Trinajstić information content (AvgIpc) is 2.48. The molecule has 0 aromatic heterocycles. The number of benzene rings is 2. The van der Waals surface area contributed by atoms with Gasteiger partial charge in [-0.2, -0.15) is 0 Å². The van der Waals surface area contributed by atoms with Crippen molar-refractivity contribution in [1.82, 2.24) is 5.32 Å². The van der Waals surface area contributed by atoms with Crippen molar-refractivity contribution in [3.63, 3.8) is 0 Å². The minimum atomic E-state index is -0.145. The maximum Gasteiger partial charge on any atom is 0.224 e. The van der Waals surface area contributed by atoms with E-state index in [2.05, 4.69) is 35.1 Å². The van der Waals surface area contributed by atoms with E-state index in [0.29, 0.717) is 13.0 Å². The number of halogens is 2. The SMILES string of the molecule is CC(C)(CNC(=O)Cc1ccccc1Br)c1ccc(Cl)cc1. The Morgan fingerprint density at radius 3 is 2.41 bits per heavy atom. The van der Waals surface area contributed by atoms with Crippen LogP contribution in [-0.4, -0.2) is 12.5 Å². The first-order valence-electron chi connectivity index (χ1n) is 7.15. The van der Waals surface area contributed by atoms with Gasteiger partial charge in [0.05, 0.1) is 6.42 Å². The topological polar surface area (TPSA) is 29.1 Å². The van der Waals surface area contributed by atoms with Crippen LogP contribution in [0.25, 0.3) is 0 Å². The zero-order chi connectivity index (χ0) is 16.2. The molecule has 0 spiro atoms. The fourth-order valence-corrected chi connectivity index (χ4v) is 2.75. The molecule has 0 atom stereocenters. The summed E-state index contributed by atoms with van der Waals surface area (Å²) in [6.07, 6.45) is 0.373. The molecule has 0 aliphatic carbocycles. The lowest BCUT2D eigenvalue weighted by atomic mass is 9.84. The molecule has 0 saturated carbocycles. The zero-order valence-electron chi connectivity index (χ0n) is 12.7. The van der Waals surface area contributed by atoms with Crippen LogP contribution in [0.5, 0.6) is 0 Å². The summed E-state index contributed by atoms with van der Waals surface area (Å²) in [5.74, 6) is 0.0222. The number of hydrogen-bond donors (Lipinski definition) is 1. The molecule has 0 aliphatic rings. The van der Waals surface area contributed by atoms with Crippen molar-refractivity contribution in [2.45, 2.75) is 25.7 Å². The van der Waals surface area contributed by atoms with Crippen LogP contribution >= 0.6 is 27.5 Å². The molecule has 2 rings (SSSR count). The highest BCUT2D eigenvalue weighted by Gasteiger charge is 2.21. The van der Waals surface area contributed by atoms with Crippen LogP contribution in [0.2, 0.25) is 5.02 Å². The number of rotatable bonds is 5. The van der Waals surface area contributed by atoms with E-state index < -0.39 is 0 Å². The quantitative estimate of drug-likeness (QED) is 0.797. The van der Waals surface area contributed by atoms with Gasteiger partial charge in [0.25, 0.3) is 0 Å². The fourth-order valence-electron chi connectivity index (χ4n) is 2.20.